The molecule has 0 spiro atoms. The van der Waals surface area contributed by atoms with Gasteiger partial charge in [0.1, 0.15) is 5.56 Å². The number of hydrogen-bond acceptors (Lipinski definition) is 5. The molecule has 0 saturated carbocycles. The van der Waals surface area contributed by atoms with Crippen molar-refractivity contribution in [1.29, 1.82) is 0 Å². The highest BCUT2D eigenvalue weighted by Crippen LogP contribution is 2.43. The van der Waals surface area contributed by atoms with Gasteiger partial charge in [0.05, 0.1) is 13.5 Å². The van der Waals surface area contributed by atoms with Crippen LogP contribution >= 0.6 is 0 Å². The predicted molar refractivity (Wildman–Crippen MR) is 88.2 cm³/mol. The van der Waals surface area contributed by atoms with E-state index in [1.807, 2.05) is 0 Å². The minimum atomic E-state index is -6.40. The lowest BCUT2D eigenvalue weighted by Gasteiger charge is -2.19. The number of carbonyl (C=O) groups is 1. The zero-order valence-corrected chi connectivity index (χ0v) is 15.3. The Balaban J connectivity index is 2.80. The maximum Gasteiger partial charge on any atom is 0.534 e. The van der Waals surface area contributed by atoms with Crippen molar-refractivity contribution in [3.8, 4) is 16.9 Å². The van der Waals surface area contributed by atoms with Gasteiger partial charge in [0.15, 0.2) is 5.75 Å². The van der Waals surface area contributed by atoms with Crippen LogP contribution in [0.5, 0.6) is 5.75 Å². The summed E-state index contributed by atoms with van der Waals surface area (Å²) in [4.78, 5) is 11.5. The van der Waals surface area contributed by atoms with Gasteiger partial charge in [0.25, 0.3) is 0 Å². The number of halogens is 6. The fraction of sp³-hybridized carbons (Fsp3) is 0.235. The Morgan fingerprint density at radius 3 is 2.03 bits per heavy atom. The van der Waals surface area contributed by atoms with Gasteiger partial charge >= 0.3 is 27.8 Å². The van der Waals surface area contributed by atoms with Crippen LogP contribution in [0.2, 0.25) is 0 Å². The topological polar surface area (TPSA) is 69.7 Å². The van der Waals surface area contributed by atoms with Crippen molar-refractivity contribution in [1.82, 2.24) is 0 Å². The average Bonchev–Trinajstić information content (AvgIpc) is 2.59. The van der Waals surface area contributed by atoms with Crippen molar-refractivity contribution in [3.63, 3.8) is 0 Å². The van der Waals surface area contributed by atoms with Gasteiger partial charge in [0.2, 0.25) is 0 Å². The van der Waals surface area contributed by atoms with Crippen LogP contribution in [0.3, 0.4) is 0 Å². The number of benzene rings is 2. The van der Waals surface area contributed by atoms with E-state index < -0.39 is 51.1 Å². The fourth-order valence-corrected chi connectivity index (χ4v) is 2.85. The van der Waals surface area contributed by atoms with E-state index in [0.29, 0.717) is 6.07 Å². The third-order valence-corrected chi connectivity index (χ3v) is 4.59. The van der Waals surface area contributed by atoms with Crippen LogP contribution in [0, 0.1) is 0 Å². The zero-order valence-electron chi connectivity index (χ0n) is 14.5. The summed E-state index contributed by atoms with van der Waals surface area (Å²) in [7, 11) is -5.49. The van der Waals surface area contributed by atoms with Crippen LogP contribution in [-0.2, 0) is 32.2 Å². The van der Waals surface area contributed by atoms with E-state index in [0.717, 1.165) is 13.2 Å². The molecule has 0 N–H and O–H groups in total. The smallest absolute Gasteiger partial charge is 0.469 e. The minimum absolute atomic E-state index is 0.0927. The molecule has 0 aliphatic rings. The Hall–Kier alpha value is -2.76. The van der Waals surface area contributed by atoms with Gasteiger partial charge in [-0.1, -0.05) is 30.3 Å². The maximum absolute atomic E-state index is 13.6. The molecule has 12 heteroatoms. The van der Waals surface area contributed by atoms with Crippen molar-refractivity contribution in [2.24, 2.45) is 0 Å². The van der Waals surface area contributed by atoms with Gasteiger partial charge in [-0.3, -0.25) is 4.79 Å². The number of alkyl halides is 6. The van der Waals surface area contributed by atoms with Gasteiger partial charge in [-0.2, -0.15) is 34.8 Å². The third-order valence-electron chi connectivity index (χ3n) is 3.62. The number of esters is 1. The Bertz CT molecular complexity index is 997. The van der Waals surface area contributed by atoms with Crippen molar-refractivity contribution < 1.29 is 48.5 Å². The first-order chi connectivity index (χ1) is 13.3. The summed E-state index contributed by atoms with van der Waals surface area (Å²) in [6.07, 6.45) is -6.30. The summed E-state index contributed by atoms with van der Waals surface area (Å²) >= 11 is 0. The molecule has 0 aromatic heterocycles. The molecule has 2 aromatic carbocycles. The largest absolute Gasteiger partial charge is 0.534 e. The molecule has 0 unspecified atom stereocenters. The molecule has 0 atom stereocenters. The fourth-order valence-electron chi connectivity index (χ4n) is 2.39. The molecule has 158 valence electrons. The zero-order chi connectivity index (χ0) is 22.0. The first-order valence-corrected chi connectivity index (χ1v) is 9.04. The number of rotatable bonds is 5. The number of carbonyl (C=O) groups excluding carboxylic acids is 1. The van der Waals surface area contributed by atoms with E-state index in [-0.39, 0.29) is 11.1 Å². The van der Waals surface area contributed by atoms with Gasteiger partial charge in [-0.05, 0) is 28.8 Å². The van der Waals surface area contributed by atoms with E-state index in [4.69, 9.17) is 0 Å². The lowest BCUT2D eigenvalue weighted by Crippen LogP contribution is -2.29. The number of methoxy groups -OCH3 is 1. The highest BCUT2D eigenvalue weighted by atomic mass is 32.2. The van der Waals surface area contributed by atoms with Gasteiger partial charge < -0.3 is 8.92 Å². The predicted octanol–water partition coefficient (Wildman–Crippen LogP) is 4.32. The summed E-state index contributed by atoms with van der Waals surface area (Å²) in [6.45, 7) is 0. The highest BCUT2D eigenvalue weighted by Gasteiger charge is 2.50. The molecule has 29 heavy (non-hydrogen) atoms. The Morgan fingerprint density at radius 1 is 0.966 bits per heavy atom. The summed E-state index contributed by atoms with van der Waals surface area (Å²) in [5.74, 6) is -2.72. The van der Waals surface area contributed by atoms with E-state index in [9.17, 15) is 39.6 Å². The molecular formula is C17H12F6O5S. The van der Waals surface area contributed by atoms with Crippen molar-refractivity contribution in [3.05, 3.63) is 53.6 Å². The first-order valence-electron chi connectivity index (χ1n) is 7.63. The normalized spacial score (nSPS) is 12.5. The molecule has 2 rings (SSSR count). The Morgan fingerprint density at radius 2 is 1.55 bits per heavy atom. The van der Waals surface area contributed by atoms with E-state index in [1.54, 1.807) is 6.07 Å². The first kappa shape index (κ1) is 22.5. The summed E-state index contributed by atoms with van der Waals surface area (Å²) in [5.41, 5.74) is -8.43. The standard InChI is InChI=1S/C17H12F6O5S/c1-27-14(24)9-12-7-11(10-5-3-2-4-6-10)8-13(15(12)16(18,19)20)28-29(25,26)17(21,22)23/h2-8H,9H2,1H3. The van der Waals surface area contributed by atoms with Gasteiger partial charge in [-0.25, -0.2) is 0 Å². The van der Waals surface area contributed by atoms with Crippen LogP contribution in [0.15, 0.2) is 42.5 Å². The summed E-state index contributed by atoms with van der Waals surface area (Å²) in [6, 6.07) is 8.85. The van der Waals surface area contributed by atoms with Crippen LogP contribution in [0.25, 0.3) is 11.1 Å². The second-order valence-electron chi connectivity index (χ2n) is 5.61. The van der Waals surface area contributed by atoms with E-state index in [1.165, 1.54) is 24.3 Å². The van der Waals surface area contributed by atoms with Crippen molar-refractivity contribution >= 4 is 16.1 Å². The third kappa shape index (κ3) is 5.19. The molecule has 0 amide bonds. The SMILES string of the molecule is COC(=O)Cc1cc(-c2ccccc2)cc(OS(=O)(=O)C(F)(F)F)c1C(F)(F)F. The van der Waals surface area contributed by atoms with Gasteiger partial charge in [-0.15, -0.1) is 0 Å². The highest BCUT2D eigenvalue weighted by molar-refractivity contribution is 7.88. The molecule has 0 heterocycles. The van der Waals surface area contributed by atoms with E-state index in [2.05, 4.69) is 8.92 Å². The number of hydrogen-bond donors (Lipinski definition) is 0. The molecule has 5 nitrogen and oxygen atoms in total. The second kappa shape index (κ2) is 7.93. The molecule has 2 aromatic rings. The maximum atomic E-state index is 13.6. The second-order valence-corrected chi connectivity index (χ2v) is 7.15. The Labute approximate surface area is 161 Å². The molecule has 0 saturated heterocycles. The summed E-state index contributed by atoms with van der Waals surface area (Å²) in [5, 5.41) is 0. The molecule has 0 bridgehead atoms. The summed E-state index contributed by atoms with van der Waals surface area (Å²) < 4.78 is 109. The van der Waals surface area contributed by atoms with E-state index >= 15 is 0 Å². The van der Waals surface area contributed by atoms with Crippen LogP contribution in [-0.4, -0.2) is 27.0 Å². The minimum Gasteiger partial charge on any atom is -0.469 e. The quantitative estimate of drug-likeness (QED) is 0.299. The lowest BCUT2D eigenvalue weighted by molar-refractivity contribution is -0.141. The van der Waals surface area contributed by atoms with Crippen LogP contribution < -0.4 is 4.18 Å². The molecule has 0 fully saturated rings. The Kier molecular flexibility index (Phi) is 6.16. The lowest BCUT2D eigenvalue weighted by atomic mass is 9.96. The van der Waals surface area contributed by atoms with Crippen molar-refractivity contribution in [2.45, 2.75) is 18.1 Å². The van der Waals surface area contributed by atoms with Crippen LogP contribution in [0.1, 0.15) is 11.1 Å². The molecule has 0 radical (unpaired) electrons. The van der Waals surface area contributed by atoms with Crippen LogP contribution in [0.4, 0.5) is 26.3 Å². The van der Waals surface area contributed by atoms with Gasteiger partial charge in [0, 0.05) is 0 Å². The molecular weight excluding hydrogens is 430 g/mol. The number of ether oxygens (including phenoxy) is 1. The molecule has 0 aliphatic heterocycles. The molecule has 0 aliphatic carbocycles. The van der Waals surface area contributed by atoms with Crippen molar-refractivity contribution in [2.75, 3.05) is 7.11 Å². The average molecular weight is 442 g/mol. The monoisotopic (exact) mass is 442 g/mol.